The number of rotatable bonds is 9. The van der Waals surface area contributed by atoms with Crippen LogP contribution in [0.25, 0.3) is 11.1 Å². The highest BCUT2D eigenvalue weighted by atomic mass is 16.5. The van der Waals surface area contributed by atoms with Gasteiger partial charge in [-0.05, 0) is 48.4 Å². The molecular formula is C26H32N2O5. The van der Waals surface area contributed by atoms with Crippen molar-refractivity contribution in [2.75, 3.05) is 13.2 Å². The van der Waals surface area contributed by atoms with Crippen molar-refractivity contribution in [3.8, 4) is 11.1 Å². The van der Waals surface area contributed by atoms with E-state index in [4.69, 9.17) is 4.74 Å². The number of carboxylic acid groups (broad SMARTS) is 1. The number of amides is 2. The number of alkyl carbamates (subject to hydrolysis) is 1. The lowest BCUT2D eigenvalue weighted by molar-refractivity contribution is -0.150. The first-order chi connectivity index (χ1) is 15.7. The van der Waals surface area contributed by atoms with Crippen molar-refractivity contribution in [3.63, 3.8) is 0 Å². The molecule has 0 aromatic heterocycles. The highest BCUT2D eigenvalue weighted by molar-refractivity contribution is 5.89. The lowest BCUT2D eigenvalue weighted by atomic mass is 9.98. The molecule has 2 N–H and O–H groups in total. The highest BCUT2D eigenvalue weighted by Gasteiger charge is 2.33. The summed E-state index contributed by atoms with van der Waals surface area (Å²) < 4.78 is 5.59. The summed E-state index contributed by atoms with van der Waals surface area (Å²) in [6.45, 7) is 7.44. The van der Waals surface area contributed by atoms with Crippen LogP contribution in [0.3, 0.4) is 0 Å². The average Bonchev–Trinajstić information content (AvgIpc) is 3.11. The molecule has 7 heteroatoms. The van der Waals surface area contributed by atoms with Gasteiger partial charge in [-0.2, -0.15) is 0 Å². The molecule has 1 unspecified atom stereocenters. The molecule has 0 heterocycles. The predicted octanol–water partition coefficient (Wildman–Crippen LogP) is 4.26. The number of carbonyl (C=O) groups is 3. The number of fused-ring (bicyclic) bond motifs is 3. The maximum Gasteiger partial charge on any atom is 0.407 e. The molecular weight excluding hydrogens is 420 g/mol. The Bertz CT molecular complexity index is 974. The summed E-state index contributed by atoms with van der Waals surface area (Å²) in [6, 6.07) is 14.3. The largest absolute Gasteiger partial charge is 0.480 e. The third kappa shape index (κ3) is 5.35. The Labute approximate surface area is 194 Å². The number of hydrogen-bond acceptors (Lipinski definition) is 4. The Kier molecular flexibility index (Phi) is 7.74. The van der Waals surface area contributed by atoms with Gasteiger partial charge in [0.25, 0.3) is 0 Å². The van der Waals surface area contributed by atoms with Crippen LogP contribution in [-0.4, -0.2) is 53.2 Å². The second-order valence-corrected chi connectivity index (χ2v) is 8.79. The minimum atomic E-state index is -1.09. The fraction of sp³-hybridized carbons (Fsp3) is 0.423. The Morgan fingerprint density at radius 2 is 1.55 bits per heavy atom. The number of ether oxygens (including phenoxy) is 1. The van der Waals surface area contributed by atoms with E-state index >= 15 is 0 Å². The van der Waals surface area contributed by atoms with Crippen molar-refractivity contribution < 1.29 is 24.2 Å². The number of hydrogen-bond donors (Lipinski definition) is 2. The number of carbonyl (C=O) groups excluding carboxylic acids is 2. The zero-order valence-electron chi connectivity index (χ0n) is 19.6. The first-order valence-electron chi connectivity index (χ1n) is 11.4. The number of benzene rings is 2. The van der Waals surface area contributed by atoms with Crippen LogP contribution in [0.1, 0.15) is 51.2 Å². The fourth-order valence-electron chi connectivity index (χ4n) is 4.43. The molecule has 7 nitrogen and oxygen atoms in total. The summed E-state index contributed by atoms with van der Waals surface area (Å²) in [5, 5.41) is 12.0. The minimum Gasteiger partial charge on any atom is -0.480 e. The van der Waals surface area contributed by atoms with Crippen molar-refractivity contribution in [2.45, 2.75) is 52.1 Å². The lowest BCUT2D eigenvalue weighted by Gasteiger charge is -2.30. The van der Waals surface area contributed by atoms with Gasteiger partial charge in [0.1, 0.15) is 18.7 Å². The van der Waals surface area contributed by atoms with Crippen molar-refractivity contribution in [1.82, 2.24) is 10.2 Å². The topological polar surface area (TPSA) is 95.9 Å². The molecule has 176 valence electrons. The van der Waals surface area contributed by atoms with Gasteiger partial charge in [-0.1, -0.05) is 62.4 Å². The molecule has 0 fully saturated rings. The van der Waals surface area contributed by atoms with Gasteiger partial charge in [0.15, 0.2) is 0 Å². The summed E-state index contributed by atoms with van der Waals surface area (Å²) in [4.78, 5) is 38.5. The molecule has 0 saturated heterocycles. The van der Waals surface area contributed by atoms with E-state index in [1.165, 1.54) is 11.8 Å². The van der Waals surface area contributed by atoms with E-state index in [2.05, 4.69) is 17.4 Å². The first kappa shape index (κ1) is 24.3. The number of carboxylic acids is 1. The quantitative estimate of drug-likeness (QED) is 0.593. The Hall–Kier alpha value is -3.35. The van der Waals surface area contributed by atoms with Gasteiger partial charge in [-0.3, -0.25) is 4.79 Å². The first-order valence-corrected chi connectivity index (χ1v) is 11.4. The standard InChI is InChI=1S/C26H32N2O5/c1-5-28(17(4)25(30)31)24(29)23(14-16(2)3)27-26(32)33-15-22-20-12-8-6-10-18(20)19-11-7-9-13-21(19)22/h6-13,16-17,22-23H,5,14-15H2,1-4H3,(H,27,32)(H,30,31)/t17?,23-/m0/s1. The van der Waals surface area contributed by atoms with Gasteiger partial charge in [0, 0.05) is 12.5 Å². The molecule has 2 aromatic rings. The fourth-order valence-corrected chi connectivity index (χ4v) is 4.43. The van der Waals surface area contributed by atoms with Crippen molar-refractivity contribution in [1.29, 1.82) is 0 Å². The maximum absolute atomic E-state index is 13.1. The molecule has 1 aliphatic carbocycles. The number of aliphatic carboxylic acids is 1. The Balaban J connectivity index is 1.71. The van der Waals surface area contributed by atoms with Crippen LogP contribution in [0.4, 0.5) is 4.79 Å². The van der Waals surface area contributed by atoms with Gasteiger partial charge >= 0.3 is 12.1 Å². The Morgan fingerprint density at radius 3 is 2.03 bits per heavy atom. The van der Waals surface area contributed by atoms with E-state index < -0.39 is 30.1 Å². The van der Waals surface area contributed by atoms with Gasteiger partial charge in [0.05, 0.1) is 0 Å². The summed E-state index contributed by atoms with van der Waals surface area (Å²) in [5.74, 6) is -1.47. The third-order valence-corrected chi connectivity index (χ3v) is 6.09. The van der Waals surface area contributed by atoms with E-state index in [0.29, 0.717) is 6.42 Å². The SMILES string of the molecule is CCN(C(=O)[C@H](CC(C)C)NC(=O)OCC1c2ccccc2-c2ccccc21)C(C)C(=O)O. The van der Waals surface area contributed by atoms with Crippen LogP contribution in [0.2, 0.25) is 0 Å². The molecule has 33 heavy (non-hydrogen) atoms. The molecule has 0 radical (unpaired) electrons. The smallest absolute Gasteiger partial charge is 0.407 e. The van der Waals surface area contributed by atoms with Crippen LogP contribution in [0.5, 0.6) is 0 Å². The zero-order valence-corrected chi connectivity index (χ0v) is 19.6. The number of nitrogens with one attached hydrogen (secondary N) is 1. The number of likely N-dealkylation sites (N-methyl/N-ethyl adjacent to an activating group) is 1. The van der Waals surface area contributed by atoms with Crippen LogP contribution in [0, 0.1) is 5.92 Å². The van der Waals surface area contributed by atoms with E-state index in [9.17, 15) is 19.5 Å². The van der Waals surface area contributed by atoms with Gasteiger partial charge < -0.3 is 20.1 Å². The molecule has 0 bridgehead atoms. The monoisotopic (exact) mass is 452 g/mol. The maximum atomic E-state index is 13.1. The van der Waals surface area contributed by atoms with E-state index in [1.54, 1.807) is 6.92 Å². The van der Waals surface area contributed by atoms with E-state index in [0.717, 1.165) is 22.3 Å². The van der Waals surface area contributed by atoms with Crippen molar-refractivity contribution in [3.05, 3.63) is 59.7 Å². The second-order valence-electron chi connectivity index (χ2n) is 8.79. The Morgan fingerprint density at radius 1 is 1.00 bits per heavy atom. The van der Waals surface area contributed by atoms with Gasteiger partial charge in [-0.15, -0.1) is 0 Å². The molecule has 1 aliphatic rings. The van der Waals surface area contributed by atoms with Crippen molar-refractivity contribution >= 4 is 18.0 Å². The zero-order chi connectivity index (χ0) is 24.1. The second kappa shape index (κ2) is 10.5. The third-order valence-electron chi connectivity index (χ3n) is 6.09. The molecule has 0 saturated carbocycles. The molecule has 2 aromatic carbocycles. The summed E-state index contributed by atoms with van der Waals surface area (Å²) in [7, 11) is 0. The van der Waals surface area contributed by atoms with Gasteiger partial charge in [0.2, 0.25) is 5.91 Å². The predicted molar refractivity (Wildman–Crippen MR) is 126 cm³/mol. The molecule has 2 amide bonds. The van der Waals surface area contributed by atoms with E-state index in [-0.39, 0.29) is 25.0 Å². The van der Waals surface area contributed by atoms with Crippen LogP contribution < -0.4 is 5.32 Å². The van der Waals surface area contributed by atoms with Crippen LogP contribution >= 0.6 is 0 Å². The van der Waals surface area contributed by atoms with Crippen molar-refractivity contribution in [2.24, 2.45) is 5.92 Å². The molecule has 3 rings (SSSR count). The summed E-state index contributed by atoms with van der Waals surface area (Å²) in [5.41, 5.74) is 4.48. The van der Waals surface area contributed by atoms with Crippen LogP contribution in [-0.2, 0) is 14.3 Å². The summed E-state index contributed by atoms with van der Waals surface area (Å²) in [6.07, 6.45) is -0.304. The number of nitrogens with zero attached hydrogens (tertiary/aromatic N) is 1. The highest BCUT2D eigenvalue weighted by Crippen LogP contribution is 2.44. The van der Waals surface area contributed by atoms with Crippen LogP contribution in [0.15, 0.2) is 48.5 Å². The lowest BCUT2D eigenvalue weighted by Crippen LogP contribution is -2.53. The minimum absolute atomic E-state index is 0.0819. The summed E-state index contributed by atoms with van der Waals surface area (Å²) >= 11 is 0. The van der Waals surface area contributed by atoms with Gasteiger partial charge in [-0.25, -0.2) is 9.59 Å². The van der Waals surface area contributed by atoms with E-state index in [1.807, 2.05) is 50.2 Å². The molecule has 0 aliphatic heterocycles. The molecule has 0 spiro atoms. The normalized spacial score (nSPS) is 14.2. The molecule has 2 atom stereocenters. The average molecular weight is 453 g/mol.